The summed E-state index contributed by atoms with van der Waals surface area (Å²) >= 11 is 6.13. The number of nitrogens with one attached hydrogen (secondary N) is 1. The van der Waals surface area contributed by atoms with Crippen molar-refractivity contribution < 1.29 is 23.8 Å². The van der Waals surface area contributed by atoms with E-state index in [-0.39, 0.29) is 10.6 Å². The lowest BCUT2D eigenvalue weighted by Gasteiger charge is -2.14. The van der Waals surface area contributed by atoms with E-state index in [1.54, 1.807) is 0 Å². The highest BCUT2D eigenvalue weighted by molar-refractivity contribution is 6.32. The molecular weight excluding hydrogens is 322 g/mol. The molecule has 1 amide bonds. The van der Waals surface area contributed by atoms with E-state index in [2.05, 4.69) is 11.9 Å². The van der Waals surface area contributed by atoms with Crippen LogP contribution in [0.5, 0.6) is 11.5 Å². The fourth-order valence-electron chi connectivity index (χ4n) is 1.95. The maximum absolute atomic E-state index is 12.2. The summed E-state index contributed by atoms with van der Waals surface area (Å²) in [4.78, 5) is 23.9. The molecule has 0 saturated heterocycles. The second-order valence-corrected chi connectivity index (χ2v) is 5.32. The third kappa shape index (κ3) is 4.39. The molecule has 0 spiro atoms. The quantitative estimate of drug-likeness (QED) is 0.658. The van der Waals surface area contributed by atoms with Gasteiger partial charge in [-0.3, -0.25) is 4.79 Å². The number of carbonyl (C=O) groups is 2. The van der Waals surface area contributed by atoms with E-state index in [9.17, 15) is 9.59 Å². The van der Waals surface area contributed by atoms with Crippen molar-refractivity contribution in [3.05, 3.63) is 35.4 Å². The number of hydrogen-bond acceptors (Lipinski definition) is 5. The van der Waals surface area contributed by atoms with E-state index in [4.69, 9.17) is 25.8 Å². The molecule has 1 aromatic rings. The van der Waals surface area contributed by atoms with Crippen LogP contribution in [0.15, 0.2) is 24.8 Å². The zero-order valence-corrected chi connectivity index (χ0v) is 13.5. The van der Waals surface area contributed by atoms with E-state index >= 15 is 0 Å². The first-order valence-electron chi connectivity index (χ1n) is 7.21. The van der Waals surface area contributed by atoms with Gasteiger partial charge in [0.2, 0.25) is 0 Å². The minimum absolute atomic E-state index is 0.197. The number of carbonyl (C=O) groups excluding carboxylic acids is 2. The smallest absolute Gasteiger partial charge is 0.339 e. The van der Waals surface area contributed by atoms with Gasteiger partial charge in [-0.2, -0.15) is 0 Å². The molecule has 1 heterocycles. The topological polar surface area (TPSA) is 73.9 Å². The van der Waals surface area contributed by atoms with Crippen LogP contribution in [0.3, 0.4) is 0 Å². The molecule has 124 valence electrons. The Morgan fingerprint density at radius 3 is 2.91 bits per heavy atom. The number of esters is 1. The SMILES string of the molecule is C=CCNC(=O)[C@H](C)OC(=O)c1cc(Cl)c2c(c1)OCCCO2. The molecule has 1 atom stereocenters. The average molecular weight is 340 g/mol. The van der Waals surface area contributed by atoms with Crippen LogP contribution in [0, 0.1) is 0 Å². The molecule has 0 aromatic heterocycles. The molecule has 1 aliphatic rings. The number of rotatable bonds is 5. The molecule has 2 rings (SSSR count). The molecular formula is C16H18ClNO5. The van der Waals surface area contributed by atoms with Crippen LogP contribution in [-0.2, 0) is 9.53 Å². The van der Waals surface area contributed by atoms with Gasteiger partial charge in [-0.1, -0.05) is 17.7 Å². The van der Waals surface area contributed by atoms with E-state index in [1.165, 1.54) is 25.1 Å². The summed E-state index contributed by atoms with van der Waals surface area (Å²) in [5.74, 6) is -0.259. The summed E-state index contributed by atoms with van der Waals surface area (Å²) < 4.78 is 16.1. The highest BCUT2D eigenvalue weighted by Crippen LogP contribution is 2.38. The zero-order valence-electron chi connectivity index (χ0n) is 12.8. The van der Waals surface area contributed by atoms with Gasteiger partial charge in [0.25, 0.3) is 5.91 Å². The average Bonchev–Trinajstić information content (AvgIpc) is 2.78. The van der Waals surface area contributed by atoms with Crippen LogP contribution >= 0.6 is 11.6 Å². The van der Waals surface area contributed by atoms with Crippen LogP contribution in [0.4, 0.5) is 0 Å². The molecule has 7 heteroatoms. The molecule has 0 fully saturated rings. The van der Waals surface area contributed by atoms with Gasteiger partial charge in [0.15, 0.2) is 17.6 Å². The van der Waals surface area contributed by atoms with E-state index in [0.29, 0.717) is 31.3 Å². The summed E-state index contributed by atoms with van der Waals surface area (Å²) in [5, 5.41) is 2.82. The van der Waals surface area contributed by atoms with Crippen LogP contribution in [-0.4, -0.2) is 37.7 Å². The monoisotopic (exact) mass is 339 g/mol. The Morgan fingerprint density at radius 2 is 2.17 bits per heavy atom. The van der Waals surface area contributed by atoms with Gasteiger partial charge < -0.3 is 19.5 Å². The third-order valence-electron chi connectivity index (χ3n) is 3.11. The molecule has 0 saturated carbocycles. The molecule has 0 aliphatic carbocycles. The standard InChI is InChI=1S/C16H18ClNO5/c1-3-5-18-15(19)10(2)23-16(20)11-8-12(17)14-13(9-11)21-6-4-7-22-14/h3,8-10H,1,4-7H2,2H3,(H,18,19)/t10-/m0/s1. The second-order valence-electron chi connectivity index (χ2n) is 4.92. The van der Waals surface area contributed by atoms with Gasteiger partial charge in [0.05, 0.1) is 23.8 Å². The molecule has 23 heavy (non-hydrogen) atoms. The maximum Gasteiger partial charge on any atom is 0.339 e. The predicted molar refractivity (Wildman–Crippen MR) is 85.1 cm³/mol. The van der Waals surface area contributed by atoms with Crippen LogP contribution in [0.2, 0.25) is 5.02 Å². The van der Waals surface area contributed by atoms with Crippen molar-refractivity contribution in [1.29, 1.82) is 0 Å². The van der Waals surface area contributed by atoms with Crippen molar-refractivity contribution in [2.45, 2.75) is 19.4 Å². The third-order valence-corrected chi connectivity index (χ3v) is 3.39. The molecule has 0 bridgehead atoms. The van der Waals surface area contributed by atoms with Gasteiger partial charge in [0.1, 0.15) is 0 Å². The molecule has 1 aliphatic heterocycles. The minimum Gasteiger partial charge on any atom is -0.489 e. The minimum atomic E-state index is -0.933. The van der Waals surface area contributed by atoms with Gasteiger partial charge in [-0.05, 0) is 19.1 Å². The van der Waals surface area contributed by atoms with Crippen molar-refractivity contribution in [2.24, 2.45) is 0 Å². The number of hydrogen-bond donors (Lipinski definition) is 1. The lowest BCUT2D eigenvalue weighted by atomic mass is 10.2. The summed E-state index contributed by atoms with van der Waals surface area (Å²) in [6, 6.07) is 2.94. The van der Waals surface area contributed by atoms with Gasteiger partial charge in [0, 0.05) is 13.0 Å². The van der Waals surface area contributed by atoms with E-state index < -0.39 is 18.0 Å². The molecule has 0 unspecified atom stereocenters. The lowest BCUT2D eigenvalue weighted by molar-refractivity contribution is -0.128. The van der Waals surface area contributed by atoms with Crippen molar-refractivity contribution >= 4 is 23.5 Å². The van der Waals surface area contributed by atoms with Crippen LogP contribution < -0.4 is 14.8 Å². The zero-order chi connectivity index (χ0) is 16.8. The Balaban J connectivity index is 2.10. The molecule has 1 N–H and O–H groups in total. The van der Waals surface area contributed by atoms with Crippen molar-refractivity contribution in [3.63, 3.8) is 0 Å². The molecule has 0 radical (unpaired) electrons. The Hall–Kier alpha value is -2.21. The van der Waals surface area contributed by atoms with Crippen LogP contribution in [0.1, 0.15) is 23.7 Å². The number of halogens is 1. The fourth-order valence-corrected chi connectivity index (χ4v) is 2.21. The summed E-state index contributed by atoms with van der Waals surface area (Å²) in [6.45, 7) is 6.26. The van der Waals surface area contributed by atoms with Crippen LogP contribution in [0.25, 0.3) is 0 Å². The summed E-state index contributed by atoms with van der Waals surface area (Å²) in [5.41, 5.74) is 0.197. The number of fused-ring (bicyclic) bond motifs is 1. The largest absolute Gasteiger partial charge is 0.489 e. The maximum atomic E-state index is 12.2. The van der Waals surface area contributed by atoms with E-state index in [1.807, 2.05) is 0 Å². The number of ether oxygens (including phenoxy) is 3. The van der Waals surface area contributed by atoms with E-state index in [0.717, 1.165) is 6.42 Å². The first-order chi connectivity index (χ1) is 11.0. The first kappa shape index (κ1) is 17.1. The van der Waals surface area contributed by atoms with Gasteiger partial charge in [-0.25, -0.2) is 4.79 Å². The summed E-state index contributed by atoms with van der Waals surface area (Å²) in [6.07, 6.45) is 1.33. The van der Waals surface area contributed by atoms with Crippen molar-refractivity contribution in [3.8, 4) is 11.5 Å². The van der Waals surface area contributed by atoms with Gasteiger partial charge in [-0.15, -0.1) is 6.58 Å². The Bertz CT molecular complexity index is 617. The first-order valence-corrected chi connectivity index (χ1v) is 7.59. The number of amides is 1. The lowest BCUT2D eigenvalue weighted by Crippen LogP contribution is -2.35. The van der Waals surface area contributed by atoms with Gasteiger partial charge >= 0.3 is 5.97 Å². The Morgan fingerprint density at radius 1 is 1.43 bits per heavy atom. The second kappa shape index (κ2) is 7.87. The molecule has 1 aromatic carbocycles. The highest BCUT2D eigenvalue weighted by Gasteiger charge is 2.22. The van der Waals surface area contributed by atoms with Crippen molar-refractivity contribution in [2.75, 3.05) is 19.8 Å². The fraction of sp³-hybridized carbons (Fsp3) is 0.375. The predicted octanol–water partition coefficient (Wildman–Crippen LogP) is 2.35. The van der Waals surface area contributed by atoms with Crippen molar-refractivity contribution in [1.82, 2.24) is 5.32 Å². The normalized spacial score (nSPS) is 14.3. The molecule has 6 nitrogen and oxygen atoms in total. The Kier molecular flexibility index (Phi) is 5.87. The highest BCUT2D eigenvalue weighted by atomic mass is 35.5. The summed E-state index contributed by atoms with van der Waals surface area (Å²) in [7, 11) is 0. The Labute approximate surface area is 139 Å². The number of benzene rings is 1.